The van der Waals surface area contributed by atoms with E-state index in [1.54, 1.807) is 23.6 Å². The molecule has 2 aromatic carbocycles. The first-order valence-corrected chi connectivity index (χ1v) is 14.9. The standard InChI is InChI=1S/C32H39N3O4S/c1-7-11-25-28(31(38)39-10-4)29(22-14-12-21(13-15-22)20(5)6)35-30(37)27(40-32(35)33-25)18-23-16-17-24(19-26(23)36)34(8-2)9-3/h12-20,29,36H,7-11H2,1-6H3/b27-18-/t29-/m0/s1. The maximum atomic E-state index is 14.0. The van der Waals surface area contributed by atoms with Crippen molar-refractivity contribution in [3.8, 4) is 5.75 Å². The highest BCUT2D eigenvalue weighted by molar-refractivity contribution is 7.07. The zero-order chi connectivity index (χ0) is 29.0. The van der Waals surface area contributed by atoms with Crippen LogP contribution in [0, 0.1) is 0 Å². The number of hydrogen-bond acceptors (Lipinski definition) is 7. The second-order valence-corrected chi connectivity index (χ2v) is 11.2. The van der Waals surface area contributed by atoms with Crippen LogP contribution in [0.15, 0.2) is 63.5 Å². The van der Waals surface area contributed by atoms with Crippen LogP contribution >= 0.6 is 11.3 Å². The summed E-state index contributed by atoms with van der Waals surface area (Å²) in [5.41, 5.74) is 4.28. The number of aromatic hydroxyl groups is 1. The molecule has 1 aromatic heterocycles. The van der Waals surface area contributed by atoms with E-state index in [0.29, 0.717) is 38.5 Å². The number of esters is 1. The fourth-order valence-corrected chi connectivity index (χ4v) is 6.09. The summed E-state index contributed by atoms with van der Waals surface area (Å²) in [7, 11) is 0. The molecule has 1 aliphatic heterocycles. The van der Waals surface area contributed by atoms with Crippen LogP contribution in [0.1, 0.15) is 83.0 Å². The van der Waals surface area contributed by atoms with Gasteiger partial charge in [-0.2, -0.15) is 0 Å². The number of carbonyl (C=O) groups is 1. The Morgan fingerprint density at radius 3 is 2.40 bits per heavy atom. The quantitative estimate of drug-likeness (QED) is 0.342. The van der Waals surface area contributed by atoms with Crippen LogP contribution in [0.2, 0.25) is 0 Å². The number of thiazole rings is 1. The Morgan fingerprint density at radius 2 is 1.82 bits per heavy atom. The molecular weight excluding hydrogens is 522 g/mol. The Balaban J connectivity index is 1.92. The smallest absolute Gasteiger partial charge is 0.338 e. The molecule has 8 heteroatoms. The first-order valence-electron chi connectivity index (χ1n) is 14.1. The van der Waals surface area contributed by atoms with E-state index in [4.69, 9.17) is 9.73 Å². The number of anilines is 1. The molecule has 2 heterocycles. The molecule has 0 bridgehead atoms. The molecular formula is C32H39N3O4S. The maximum Gasteiger partial charge on any atom is 0.338 e. The van der Waals surface area contributed by atoms with Crippen molar-refractivity contribution in [1.29, 1.82) is 0 Å². The Kier molecular flexibility index (Phi) is 9.30. The van der Waals surface area contributed by atoms with Crippen LogP contribution in [0.5, 0.6) is 5.75 Å². The lowest BCUT2D eigenvalue weighted by atomic mass is 9.92. The summed E-state index contributed by atoms with van der Waals surface area (Å²) in [4.78, 5) is 34.8. The summed E-state index contributed by atoms with van der Waals surface area (Å²) in [6, 6.07) is 12.9. The van der Waals surface area contributed by atoms with Crippen molar-refractivity contribution >= 4 is 29.1 Å². The van der Waals surface area contributed by atoms with E-state index >= 15 is 0 Å². The summed E-state index contributed by atoms with van der Waals surface area (Å²) in [6.07, 6.45) is 3.09. The SMILES string of the molecule is CCCC1=C(C(=O)OCC)[C@H](c2ccc(C(C)C)cc2)n2c(s/c(=C\c3ccc(N(CC)CC)cc3O)c2=O)=N1. The topological polar surface area (TPSA) is 84.1 Å². The van der Waals surface area contributed by atoms with Crippen molar-refractivity contribution < 1.29 is 14.6 Å². The number of rotatable bonds is 10. The van der Waals surface area contributed by atoms with E-state index in [2.05, 4.69) is 32.6 Å². The van der Waals surface area contributed by atoms with E-state index in [0.717, 1.165) is 30.8 Å². The summed E-state index contributed by atoms with van der Waals surface area (Å²) < 4.78 is 7.52. The molecule has 0 saturated carbocycles. The summed E-state index contributed by atoms with van der Waals surface area (Å²) in [6.45, 7) is 14.1. The molecule has 40 heavy (non-hydrogen) atoms. The lowest BCUT2D eigenvalue weighted by Gasteiger charge is -2.26. The van der Waals surface area contributed by atoms with Crippen molar-refractivity contribution in [2.75, 3.05) is 24.6 Å². The van der Waals surface area contributed by atoms with Crippen molar-refractivity contribution in [2.45, 2.75) is 66.3 Å². The zero-order valence-electron chi connectivity index (χ0n) is 24.2. The van der Waals surface area contributed by atoms with Crippen molar-refractivity contribution in [2.24, 2.45) is 4.99 Å². The lowest BCUT2D eigenvalue weighted by Crippen LogP contribution is -2.40. The van der Waals surface area contributed by atoms with Crippen LogP contribution in [-0.4, -0.2) is 35.3 Å². The minimum Gasteiger partial charge on any atom is -0.507 e. The number of fused-ring (bicyclic) bond motifs is 1. The molecule has 3 aromatic rings. The Hall–Kier alpha value is -3.65. The van der Waals surface area contributed by atoms with E-state index in [1.807, 2.05) is 43.3 Å². The van der Waals surface area contributed by atoms with E-state index in [-0.39, 0.29) is 17.9 Å². The van der Waals surface area contributed by atoms with Gasteiger partial charge in [0.1, 0.15) is 5.75 Å². The van der Waals surface area contributed by atoms with E-state index < -0.39 is 12.0 Å². The molecule has 0 aliphatic carbocycles. The maximum absolute atomic E-state index is 14.0. The number of aromatic nitrogens is 1. The molecule has 0 spiro atoms. The highest BCUT2D eigenvalue weighted by atomic mass is 32.1. The molecule has 1 N–H and O–H groups in total. The number of allylic oxidation sites excluding steroid dienone is 1. The first-order chi connectivity index (χ1) is 19.2. The largest absolute Gasteiger partial charge is 0.507 e. The van der Waals surface area contributed by atoms with Crippen LogP contribution in [0.25, 0.3) is 6.08 Å². The molecule has 0 saturated heterocycles. The molecule has 1 atom stereocenters. The van der Waals surface area contributed by atoms with Gasteiger partial charge < -0.3 is 14.7 Å². The molecule has 0 radical (unpaired) electrons. The van der Waals surface area contributed by atoms with Gasteiger partial charge >= 0.3 is 5.97 Å². The Morgan fingerprint density at radius 1 is 1.12 bits per heavy atom. The van der Waals surface area contributed by atoms with E-state index in [9.17, 15) is 14.7 Å². The fraction of sp³-hybridized carbons (Fsp3) is 0.406. The predicted octanol–water partition coefficient (Wildman–Crippen LogP) is 5.25. The van der Waals surface area contributed by atoms with Crippen molar-refractivity contribution in [1.82, 2.24) is 4.57 Å². The zero-order valence-corrected chi connectivity index (χ0v) is 25.0. The molecule has 0 amide bonds. The van der Waals surface area contributed by atoms with Gasteiger partial charge in [0, 0.05) is 30.4 Å². The van der Waals surface area contributed by atoms with Crippen molar-refractivity contribution in [3.63, 3.8) is 0 Å². The number of phenols is 1. The van der Waals surface area contributed by atoms with Gasteiger partial charge in [0.2, 0.25) is 0 Å². The second-order valence-electron chi connectivity index (χ2n) is 10.2. The normalized spacial score (nSPS) is 15.3. The van der Waals surface area contributed by atoms with Gasteiger partial charge in [-0.15, -0.1) is 0 Å². The Labute approximate surface area is 239 Å². The van der Waals surface area contributed by atoms with E-state index in [1.165, 1.54) is 16.9 Å². The van der Waals surface area contributed by atoms with Crippen LogP contribution in [0.3, 0.4) is 0 Å². The third-order valence-corrected chi connectivity index (χ3v) is 8.22. The predicted molar refractivity (Wildman–Crippen MR) is 162 cm³/mol. The minimum atomic E-state index is -0.654. The second kappa shape index (κ2) is 12.7. The third-order valence-electron chi connectivity index (χ3n) is 7.24. The van der Waals surface area contributed by atoms with Crippen LogP contribution in [-0.2, 0) is 9.53 Å². The van der Waals surface area contributed by atoms with Gasteiger partial charge in [0.15, 0.2) is 4.80 Å². The molecule has 0 unspecified atom stereocenters. The molecule has 1 aliphatic rings. The highest BCUT2D eigenvalue weighted by Gasteiger charge is 2.34. The number of benzene rings is 2. The number of nitrogens with zero attached hydrogens (tertiary/aromatic N) is 3. The van der Waals surface area contributed by atoms with Gasteiger partial charge in [-0.1, -0.05) is 62.8 Å². The first kappa shape index (κ1) is 29.3. The molecule has 0 fully saturated rings. The molecule has 4 rings (SSSR count). The van der Waals surface area contributed by atoms with Crippen LogP contribution < -0.4 is 19.8 Å². The number of ether oxygens (including phenoxy) is 1. The van der Waals surface area contributed by atoms with Gasteiger partial charge in [-0.25, -0.2) is 9.79 Å². The van der Waals surface area contributed by atoms with Gasteiger partial charge in [0.25, 0.3) is 5.56 Å². The van der Waals surface area contributed by atoms with Gasteiger partial charge in [0.05, 0.1) is 28.5 Å². The van der Waals surface area contributed by atoms with Gasteiger partial charge in [-0.05, 0) is 62.4 Å². The third kappa shape index (κ3) is 5.77. The number of phenolic OH excluding ortho intramolecular Hbond substituents is 1. The number of carbonyl (C=O) groups excluding carboxylic acids is 1. The average molecular weight is 562 g/mol. The lowest BCUT2D eigenvalue weighted by molar-refractivity contribution is -0.139. The summed E-state index contributed by atoms with van der Waals surface area (Å²) in [5.74, 6) is 0.00838. The number of hydrogen-bond donors (Lipinski definition) is 1. The summed E-state index contributed by atoms with van der Waals surface area (Å²) in [5, 5.41) is 10.8. The average Bonchev–Trinajstić information content (AvgIpc) is 3.24. The van der Waals surface area contributed by atoms with Crippen molar-refractivity contribution in [3.05, 3.63) is 90.1 Å². The molecule has 7 nitrogen and oxygen atoms in total. The Bertz CT molecular complexity index is 1580. The van der Waals surface area contributed by atoms with Crippen LogP contribution in [0.4, 0.5) is 5.69 Å². The summed E-state index contributed by atoms with van der Waals surface area (Å²) >= 11 is 1.27. The fourth-order valence-electron chi connectivity index (χ4n) is 5.08. The monoisotopic (exact) mass is 561 g/mol. The van der Waals surface area contributed by atoms with Gasteiger partial charge in [-0.3, -0.25) is 9.36 Å². The minimum absolute atomic E-state index is 0.106. The molecule has 212 valence electrons. The highest BCUT2D eigenvalue weighted by Crippen LogP contribution is 2.33.